The zero-order chi connectivity index (χ0) is 20.4. The number of carbonyl (C=O) groups excluding carboxylic acids is 2. The molecular formula is C22H18FN3O2S. The molecule has 0 saturated heterocycles. The number of para-hydroxylation sites is 1. The van der Waals surface area contributed by atoms with E-state index in [4.69, 9.17) is 0 Å². The Bertz CT molecular complexity index is 1100. The Morgan fingerprint density at radius 1 is 1.17 bits per heavy atom. The number of rotatable bonds is 4. The van der Waals surface area contributed by atoms with Gasteiger partial charge in [-0.1, -0.05) is 30.0 Å². The molecule has 0 spiro atoms. The molecule has 3 aromatic rings. The fourth-order valence-corrected chi connectivity index (χ4v) is 4.11. The van der Waals surface area contributed by atoms with Gasteiger partial charge in [0.25, 0.3) is 5.91 Å². The minimum atomic E-state index is -0.374. The first-order valence-corrected chi connectivity index (χ1v) is 9.94. The molecule has 0 fully saturated rings. The number of fused-ring (bicyclic) bond motifs is 2. The lowest BCUT2D eigenvalue weighted by atomic mass is 10.2. The highest BCUT2D eigenvalue weighted by molar-refractivity contribution is 7.99. The topological polar surface area (TPSA) is 62.3 Å². The third-order valence-electron chi connectivity index (χ3n) is 4.63. The van der Waals surface area contributed by atoms with E-state index in [1.165, 1.54) is 17.8 Å². The fraction of sp³-hybridized carbons (Fsp3) is 0.136. The average molecular weight is 407 g/mol. The molecule has 0 bridgehead atoms. The van der Waals surface area contributed by atoms with Gasteiger partial charge in [-0.15, -0.1) is 0 Å². The monoisotopic (exact) mass is 407 g/mol. The third-order valence-corrected chi connectivity index (χ3v) is 5.71. The fourth-order valence-electron chi connectivity index (χ4n) is 3.09. The van der Waals surface area contributed by atoms with Crippen LogP contribution in [0.4, 0.5) is 15.8 Å². The molecule has 0 saturated carbocycles. The second-order valence-corrected chi connectivity index (χ2v) is 7.68. The van der Waals surface area contributed by atoms with Crippen LogP contribution in [0.25, 0.3) is 0 Å². The van der Waals surface area contributed by atoms with Crippen LogP contribution in [0.3, 0.4) is 0 Å². The SMILES string of the molecule is Cc1ccc(NC(=O)CCN2C(=O)c3cccnc3Sc3ccccc32)cc1F. The highest BCUT2D eigenvalue weighted by Crippen LogP contribution is 2.40. The molecule has 0 radical (unpaired) electrons. The zero-order valence-electron chi connectivity index (χ0n) is 15.7. The van der Waals surface area contributed by atoms with Crippen molar-refractivity contribution in [3.8, 4) is 0 Å². The summed E-state index contributed by atoms with van der Waals surface area (Å²) in [7, 11) is 0. The highest BCUT2D eigenvalue weighted by Gasteiger charge is 2.28. The van der Waals surface area contributed by atoms with E-state index >= 15 is 0 Å². The number of hydrogen-bond donors (Lipinski definition) is 1. The second-order valence-electron chi connectivity index (χ2n) is 6.64. The number of nitrogens with one attached hydrogen (secondary N) is 1. The van der Waals surface area contributed by atoms with Gasteiger partial charge in [-0.3, -0.25) is 9.59 Å². The van der Waals surface area contributed by atoms with Crippen molar-refractivity contribution in [2.75, 3.05) is 16.8 Å². The van der Waals surface area contributed by atoms with Crippen LogP contribution in [0.5, 0.6) is 0 Å². The van der Waals surface area contributed by atoms with Crippen molar-refractivity contribution in [3.05, 3.63) is 77.7 Å². The number of benzene rings is 2. The Morgan fingerprint density at radius 3 is 2.83 bits per heavy atom. The van der Waals surface area contributed by atoms with E-state index in [1.807, 2.05) is 24.3 Å². The largest absolute Gasteiger partial charge is 0.326 e. The lowest BCUT2D eigenvalue weighted by Crippen LogP contribution is -2.34. The lowest BCUT2D eigenvalue weighted by molar-refractivity contribution is -0.116. The Hall–Kier alpha value is -3.19. The smallest absolute Gasteiger partial charge is 0.261 e. The lowest BCUT2D eigenvalue weighted by Gasteiger charge is -2.22. The summed E-state index contributed by atoms with van der Waals surface area (Å²) in [4.78, 5) is 32.4. The molecule has 0 atom stereocenters. The van der Waals surface area contributed by atoms with Gasteiger partial charge in [-0.05, 0) is 48.9 Å². The van der Waals surface area contributed by atoms with Gasteiger partial charge in [-0.25, -0.2) is 9.37 Å². The summed E-state index contributed by atoms with van der Waals surface area (Å²) in [5.41, 5.74) is 2.16. The quantitative estimate of drug-likeness (QED) is 0.683. The first-order valence-electron chi connectivity index (χ1n) is 9.13. The van der Waals surface area contributed by atoms with Gasteiger partial charge < -0.3 is 10.2 Å². The highest BCUT2D eigenvalue weighted by atomic mass is 32.2. The number of amides is 2. The minimum absolute atomic E-state index is 0.0792. The Kier molecular flexibility index (Phi) is 5.31. The van der Waals surface area contributed by atoms with Gasteiger partial charge >= 0.3 is 0 Å². The Labute approximate surface area is 172 Å². The second kappa shape index (κ2) is 8.05. The number of anilines is 2. The molecule has 2 aromatic carbocycles. The first-order chi connectivity index (χ1) is 14.0. The summed E-state index contributed by atoms with van der Waals surface area (Å²) in [6, 6.07) is 15.6. The normalized spacial score (nSPS) is 12.8. The number of hydrogen-bond acceptors (Lipinski definition) is 4. The number of pyridine rings is 1. The van der Waals surface area contributed by atoms with Crippen molar-refractivity contribution in [2.45, 2.75) is 23.3 Å². The summed E-state index contributed by atoms with van der Waals surface area (Å²) in [5, 5.41) is 3.33. The molecule has 1 N–H and O–H groups in total. The van der Waals surface area contributed by atoms with E-state index in [0.29, 0.717) is 21.8 Å². The molecule has 2 heterocycles. The van der Waals surface area contributed by atoms with Crippen molar-refractivity contribution in [2.24, 2.45) is 0 Å². The molecule has 29 heavy (non-hydrogen) atoms. The number of aryl methyl sites for hydroxylation is 1. The molecule has 5 nitrogen and oxygen atoms in total. The van der Waals surface area contributed by atoms with Crippen molar-refractivity contribution in [1.29, 1.82) is 0 Å². The molecule has 2 amide bonds. The molecule has 1 aliphatic heterocycles. The maximum absolute atomic E-state index is 13.7. The maximum atomic E-state index is 13.7. The van der Waals surface area contributed by atoms with E-state index < -0.39 is 0 Å². The summed E-state index contributed by atoms with van der Waals surface area (Å²) >= 11 is 1.43. The summed E-state index contributed by atoms with van der Waals surface area (Å²) < 4.78 is 13.7. The molecule has 1 aliphatic rings. The van der Waals surface area contributed by atoms with E-state index in [0.717, 1.165) is 10.6 Å². The minimum Gasteiger partial charge on any atom is -0.326 e. The summed E-state index contributed by atoms with van der Waals surface area (Å²) in [6.45, 7) is 1.86. The predicted molar refractivity (Wildman–Crippen MR) is 111 cm³/mol. The van der Waals surface area contributed by atoms with E-state index in [1.54, 1.807) is 42.3 Å². The van der Waals surface area contributed by atoms with Crippen molar-refractivity contribution in [3.63, 3.8) is 0 Å². The molecule has 4 rings (SSSR count). The Morgan fingerprint density at radius 2 is 2.00 bits per heavy atom. The van der Waals surface area contributed by atoms with Crippen LogP contribution < -0.4 is 10.2 Å². The standard InChI is InChI=1S/C22H18FN3O2S/c1-14-8-9-15(13-17(14)23)25-20(27)10-12-26-18-6-2-3-7-19(18)29-21-16(22(26)28)5-4-11-24-21/h2-9,11,13H,10,12H2,1H3,(H,25,27). The van der Waals surface area contributed by atoms with Gasteiger partial charge in [0.15, 0.2) is 0 Å². The number of carbonyl (C=O) groups is 2. The third kappa shape index (κ3) is 4.00. The van der Waals surface area contributed by atoms with Crippen LogP contribution in [0.1, 0.15) is 22.3 Å². The number of nitrogens with zero attached hydrogens (tertiary/aromatic N) is 2. The summed E-state index contributed by atoms with van der Waals surface area (Å²) in [6.07, 6.45) is 1.74. The number of halogens is 1. The van der Waals surface area contributed by atoms with Gasteiger partial charge in [0.1, 0.15) is 10.8 Å². The zero-order valence-corrected chi connectivity index (χ0v) is 16.5. The van der Waals surface area contributed by atoms with Gasteiger partial charge in [0, 0.05) is 29.7 Å². The first kappa shape index (κ1) is 19.1. The molecule has 1 aromatic heterocycles. The number of aromatic nitrogens is 1. The van der Waals surface area contributed by atoms with Crippen LogP contribution in [0, 0.1) is 12.7 Å². The molecule has 146 valence electrons. The van der Waals surface area contributed by atoms with E-state index in [-0.39, 0.29) is 30.6 Å². The molecule has 0 aliphatic carbocycles. The van der Waals surface area contributed by atoms with E-state index in [2.05, 4.69) is 10.3 Å². The Balaban J connectivity index is 1.54. The average Bonchev–Trinajstić information content (AvgIpc) is 2.83. The molecule has 7 heteroatoms. The van der Waals surface area contributed by atoms with Gasteiger partial charge in [0.05, 0.1) is 11.3 Å². The van der Waals surface area contributed by atoms with Gasteiger partial charge in [0.2, 0.25) is 5.91 Å². The van der Waals surface area contributed by atoms with Crippen LogP contribution in [0.15, 0.2) is 70.7 Å². The summed E-state index contributed by atoms with van der Waals surface area (Å²) in [5.74, 6) is -0.859. The van der Waals surface area contributed by atoms with Crippen molar-refractivity contribution >= 4 is 35.0 Å². The van der Waals surface area contributed by atoms with Crippen LogP contribution in [0.2, 0.25) is 0 Å². The predicted octanol–water partition coefficient (Wildman–Crippen LogP) is 4.67. The molecular weight excluding hydrogens is 389 g/mol. The van der Waals surface area contributed by atoms with Crippen molar-refractivity contribution in [1.82, 2.24) is 4.98 Å². The maximum Gasteiger partial charge on any atom is 0.261 e. The van der Waals surface area contributed by atoms with E-state index in [9.17, 15) is 14.0 Å². The van der Waals surface area contributed by atoms with Crippen molar-refractivity contribution < 1.29 is 14.0 Å². The van der Waals surface area contributed by atoms with Gasteiger partial charge in [-0.2, -0.15) is 0 Å². The van der Waals surface area contributed by atoms with Crippen LogP contribution >= 0.6 is 11.8 Å². The molecule has 0 unspecified atom stereocenters. The van der Waals surface area contributed by atoms with Crippen LogP contribution in [-0.2, 0) is 4.79 Å². The van der Waals surface area contributed by atoms with Crippen LogP contribution in [-0.4, -0.2) is 23.3 Å².